The number of nitrogens with zero attached hydrogens (tertiary/aromatic N) is 2. The van der Waals surface area contributed by atoms with Crippen LogP contribution in [0.1, 0.15) is 30.2 Å². The molecule has 2 heterocycles. The van der Waals surface area contributed by atoms with Gasteiger partial charge in [-0.15, -0.1) is 11.3 Å². The summed E-state index contributed by atoms with van der Waals surface area (Å²) in [7, 11) is 0. The van der Waals surface area contributed by atoms with Gasteiger partial charge in [-0.05, 0) is 30.0 Å². The Bertz CT molecular complexity index is 1270. The number of benzene rings is 2. The Hall–Kier alpha value is -3.25. The molecule has 4 aromatic rings. The first-order valence-corrected chi connectivity index (χ1v) is 10.7. The lowest BCUT2D eigenvalue weighted by atomic mass is 10.0. The third-order valence-electron chi connectivity index (χ3n) is 5.09. The highest BCUT2D eigenvalue weighted by Gasteiger charge is 2.18. The van der Waals surface area contributed by atoms with Crippen molar-refractivity contribution in [3.63, 3.8) is 0 Å². The van der Waals surface area contributed by atoms with E-state index in [1.807, 2.05) is 61.5 Å². The monoisotopic (exact) mass is 417 g/mol. The number of rotatable bonds is 5. The van der Waals surface area contributed by atoms with E-state index < -0.39 is 0 Å². The van der Waals surface area contributed by atoms with Crippen LogP contribution < -0.4 is 10.9 Å². The minimum absolute atomic E-state index is 0.0860. The Morgan fingerprint density at radius 2 is 1.80 bits per heavy atom. The van der Waals surface area contributed by atoms with Crippen molar-refractivity contribution >= 4 is 33.1 Å². The highest BCUT2D eigenvalue weighted by Crippen LogP contribution is 2.35. The van der Waals surface area contributed by atoms with E-state index in [9.17, 15) is 9.59 Å². The number of para-hydroxylation sites is 1. The molecule has 1 amide bonds. The van der Waals surface area contributed by atoms with Crippen LogP contribution in [0.5, 0.6) is 0 Å². The maximum Gasteiger partial charge on any atom is 0.263 e. The lowest BCUT2D eigenvalue weighted by Gasteiger charge is -2.14. The second-order valence-electron chi connectivity index (χ2n) is 7.55. The molecule has 0 aliphatic heterocycles. The van der Waals surface area contributed by atoms with Crippen LogP contribution in [0.3, 0.4) is 0 Å². The number of nitrogens with one attached hydrogen (secondary N) is 1. The van der Waals surface area contributed by atoms with E-state index in [-0.39, 0.29) is 23.9 Å². The van der Waals surface area contributed by atoms with Crippen LogP contribution in [0.15, 0.2) is 65.7 Å². The van der Waals surface area contributed by atoms with Crippen molar-refractivity contribution in [2.24, 2.45) is 0 Å². The molecule has 0 spiro atoms. The largest absolute Gasteiger partial charge is 0.324 e. The number of hydrogen-bond donors (Lipinski definition) is 1. The molecule has 152 valence electrons. The quantitative estimate of drug-likeness (QED) is 0.486. The van der Waals surface area contributed by atoms with Gasteiger partial charge in [0, 0.05) is 16.1 Å². The van der Waals surface area contributed by atoms with Crippen LogP contribution in [0, 0.1) is 6.92 Å². The number of hydrogen-bond acceptors (Lipinski definition) is 4. The minimum Gasteiger partial charge on any atom is -0.324 e. The zero-order valence-electron chi connectivity index (χ0n) is 17.2. The molecular formula is C24H23N3O2S. The number of aromatic nitrogens is 2. The predicted molar refractivity (Wildman–Crippen MR) is 123 cm³/mol. The molecule has 1 N–H and O–H groups in total. The standard InChI is InChI=1S/C24H23N3O2S/c1-15(2)18-11-7-8-12-19(18)26-20(28)13-27-14-25-23-22(24(27)29)21(16(3)30-23)17-9-5-4-6-10-17/h4-12,14-15H,13H2,1-3H3,(H,26,28). The van der Waals surface area contributed by atoms with Gasteiger partial charge in [-0.25, -0.2) is 4.98 Å². The molecule has 0 radical (unpaired) electrons. The first-order chi connectivity index (χ1) is 14.5. The van der Waals surface area contributed by atoms with Crippen LogP contribution in [0.25, 0.3) is 21.3 Å². The van der Waals surface area contributed by atoms with Crippen molar-refractivity contribution in [3.05, 3.63) is 81.7 Å². The Morgan fingerprint density at radius 1 is 1.10 bits per heavy atom. The molecule has 0 aliphatic rings. The molecule has 2 aromatic carbocycles. The van der Waals surface area contributed by atoms with Crippen molar-refractivity contribution in [3.8, 4) is 11.1 Å². The number of fused-ring (bicyclic) bond motifs is 1. The number of amides is 1. The summed E-state index contributed by atoms with van der Waals surface area (Å²) in [6.07, 6.45) is 1.46. The fourth-order valence-electron chi connectivity index (χ4n) is 3.66. The Labute approximate surface area is 179 Å². The van der Waals surface area contributed by atoms with E-state index in [2.05, 4.69) is 24.1 Å². The van der Waals surface area contributed by atoms with Gasteiger partial charge >= 0.3 is 0 Å². The van der Waals surface area contributed by atoms with E-state index in [1.165, 1.54) is 22.2 Å². The van der Waals surface area contributed by atoms with Crippen molar-refractivity contribution in [1.82, 2.24) is 9.55 Å². The Morgan fingerprint density at radius 3 is 2.53 bits per heavy atom. The molecule has 0 fully saturated rings. The van der Waals surface area contributed by atoms with Crippen molar-refractivity contribution in [2.45, 2.75) is 33.2 Å². The summed E-state index contributed by atoms with van der Waals surface area (Å²) >= 11 is 1.50. The fourth-order valence-corrected chi connectivity index (χ4v) is 4.66. The molecule has 4 rings (SSSR count). The van der Waals surface area contributed by atoms with Gasteiger partial charge in [0.05, 0.1) is 11.7 Å². The third kappa shape index (κ3) is 3.78. The second-order valence-corrected chi connectivity index (χ2v) is 8.75. The average Bonchev–Trinajstić information content (AvgIpc) is 3.07. The molecule has 0 saturated carbocycles. The Kier molecular flexibility index (Phi) is 5.50. The molecule has 0 unspecified atom stereocenters. The summed E-state index contributed by atoms with van der Waals surface area (Å²) in [5.41, 5.74) is 3.51. The van der Waals surface area contributed by atoms with Crippen molar-refractivity contribution < 1.29 is 4.79 Å². The molecule has 0 saturated heterocycles. The number of anilines is 1. The maximum atomic E-state index is 13.2. The van der Waals surface area contributed by atoms with Crippen LogP contribution in [-0.4, -0.2) is 15.5 Å². The first kappa shape index (κ1) is 20.0. The van der Waals surface area contributed by atoms with E-state index in [0.29, 0.717) is 10.2 Å². The smallest absolute Gasteiger partial charge is 0.263 e. The predicted octanol–water partition coefficient (Wildman–Crippen LogP) is 5.20. The summed E-state index contributed by atoms with van der Waals surface area (Å²) < 4.78 is 1.38. The number of aryl methyl sites for hydroxylation is 1. The number of carbonyl (C=O) groups is 1. The van der Waals surface area contributed by atoms with Gasteiger partial charge in [0.1, 0.15) is 11.4 Å². The molecular weight excluding hydrogens is 394 g/mol. The molecule has 2 aromatic heterocycles. The molecule has 0 atom stereocenters. The lowest BCUT2D eigenvalue weighted by Crippen LogP contribution is -2.28. The van der Waals surface area contributed by atoms with E-state index >= 15 is 0 Å². The molecule has 0 aliphatic carbocycles. The van der Waals surface area contributed by atoms with Crippen LogP contribution in [-0.2, 0) is 11.3 Å². The van der Waals surface area contributed by atoms with Gasteiger partial charge in [0.25, 0.3) is 5.56 Å². The van der Waals surface area contributed by atoms with Crippen LogP contribution in [0.4, 0.5) is 5.69 Å². The molecule has 30 heavy (non-hydrogen) atoms. The summed E-state index contributed by atoms with van der Waals surface area (Å²) in [5.74, 6) is 0.0315. The van der Waals surface area contributed by atoms with Gasteiger partial charge in [-0.2, -0.15) is 0 Å². The topological polar surface area (TPSA) is 64.0 Å². The molecule has 0 bridgehead atoms. The zero-order chi connectivity index (χ0) is 21.3. The van der Waals surface area contributed by atoms with Crippen molar-refractivity contribution in [1.29, 1.82) is 0 Å². The highest BCUT2D eigenvalue weighted by molar-refractivity contribution is 7.19. The van der Waals surface area contributed by atoms with Gasteiger partial charge in [-0.1, -0.05) is 62.4 Å². The number of thiophene rings is 1. The fraction of sp³-hybridized carbons (Fsp3) is 0.208. The third-order valence-corrected chi connectivity index (χ3v) is 6.10. The van der Waals surface area contributed by atoms with E-state index in [1.54, 1.807) is 0 Å². The van der Waals surface area contributed by atoms with Crippen molar-refractivity contribution in [2.75, 3.05) is 5.32 Å². The van der Waals surface area contributed by atoms with E-state index in [0.717, 1.165) is 27.3 Å². The van der Waals surface area contributed by atoms with Crippen LogP contribution >= 0.6 is 11.3 Å². The highest BCUT2D eigenvalue weighted by atomic mass is 32.1. The summed E-state index contributed by atoms with van der Waals surface area (Å²) in [4.78, 5) is 32.1. The Balaban J connectivity index is 1.68. The minimum atomic E-state index is -0.250. The summed E-state index contributed by atoms with van der Waals surface area (Å²) in [6, 6.07) is 17.6. The summed E-state index contributed by atoms with van der Waals surface area (Å²) in [6.45, 7) is 6.07. The maximum absolute atomic E-state index is 13.2. The summed E-state index contributed by atoms with van der Waals surface area (Å²) in [5, 5.41) is 3.51. The normalized spacial score (nSPS) is 11.2. The molecule has 5 nitrogen and oxygen atoms in total. The van der Waals surface area contributed by atoms with Gasteiger partial charge in [0.15, 0.2) is 0 Å². The van der Waals surface area contributed by atoms with Crippen LogP contribution in [0.2, 0.25) is 0 Å². The van der Waals surface area contributed by atoms with Gasteiger partial charge in [0.2, 0.25) is 5.91 Å². The second kappa shape index (κ2) is 8.24. The van der Waals surface area contributed by atoms with E-state index in [4.69, 9.17) is 0 Å². The first-order valence-electron chi connectivity index (χ1n) is 9.88. The van der Waals surface area contributed by atoms with Gasteiger partial charge < -0.3 is 5.32 Å². The average molecular weight is 418 g/mol. The molecule has 6 heteroatoms. The zero-order valence-corrected chi connectivity index (χ0v) is 18.0. The lowest BCUT2D eigenvalue weighted by molar-refractivity contribution is -0.116. The number of carbonyl (C=O) groups excluding carboxylic acids is 1. The SMILES string of the molecule is Cc1sc2ncn(CC(=O)Nc3ccccc3C(C)C)c(=O)c2c1-c1ccccc1. The van der Waals surface area contributed by atoms with Gasteiger partial charge in [-0.3, -0.25) is 14.2 Å².